The van der Waals surface area contributed by atoms with Crippen LogP contribution in [0, 0.1) is 0 Å². The molecule has 0 aliphatic carbocycles. The third-order valence-electron chi connectivity index (χ3n) is 5.90. The van der Waals surface area contributed by atoms with E-state index in [0.717, 1.165) is 11.1 Å². The highest BCUT2D eigenvalue weighted by Crippen LogP contribution is 2.36. The van der Waals surface area contributed by atoms with Crippen molar-refractivity contribution in [2.45, 2.75) is 44.8 Å². The summed E-state index contributed by atoms with van der Waals surface area (Å²) in [5, 5.41) is 9.15. The summed E-state index contributed by atoms with van der Waals surface area (Å²) in [5.41, 5.74) is 2.39. The van der Waals surface area contributed by atoms with Crippen LogP contribution in [-0.2, 0) is 4.79 Å². The lowest BCUT2D eigenvalue weighted by Crippen LogP contribution is -2.56. The fraction of sp³-hybridized carbons (Fsp3) is 0.375. The van der Waals surface area contributed by atoms with Gasteiger partial charge in [-0.15, -0.1) is 0 Å². The first-order valence-electron chi connectivity index (χ1n) is 10.9. The van der Waals surface area contributed by atoms with Crippen LogP contribution < -0.4 is 20.7 Å². The molecule has 1 saturated heterocycles. The normalized spacial score (nSPS) is 19.8. The Morgan fingerprint density at radius 1 is 1.18 bits per heavy atom. The molecule has 4 rings (SSSR count). The average molecular weight is 471 g/mol. The number of hydrogen-bond acceptors (Lipinski definition) is 4. The molecule has 0 spiro atoms. The molecule has 2 aromatic rings. The van der Waals surface area contributed by atoms with Gasteiger partial charge in [-0.05, 0) is 62.6 Å². The maximum absolute atomic E-state index is 13.5. The molecule has 0 aromatic heterocycles. The summed E-state index contributed by atoms with van der Waals surface area (Å²) in [6.07, 6.45) is 0.921. The Bertz CT molecular complexity index is 1100. The smallest absolute Gasteiger partial charge is 0.315 e. The fourth-order valence-corrected chi connectivity index (χ4v) is 4.52. The van der Waals surface area contributed by atoms with Gasteiger partial charge in [-0.2, -0.15) is 0 Å². The van der Waals surface area contributed by atoms with E-state index in [4.69, 9.17) is 16.3 Å². The molecule has 2 aliphatic rings. The van der Waals surface area contributed by atoms with Gasteiger partial charge in [0.05, 0.1) is 18.4 Å². The number of anilines is 1. The molecule has 9 heteroatoms. The van der Waals surface area contributed by atoms with Crippen LogP contribution in [0.3, 0.4) is 0 Å². The molecule has 33 heavy (non-hydrogen) atoms. The number of amides is 4. The van der Waals surface area contributed by atoms with Crippen LogP contribution in [0.2, 0.25) is 5.02 Å². The molecular weight excluding hydrogens is 444 g/mol. The van der Waals surface area contributed by atoms with Crippen molar-refractivity contribution in [1.29, 1.82) is 0 Å². The molecule has 8 nitrogen and oxygen atoms in total. The molecule has 2 unspecified atom stereocenters. The third kappa shape index (κ3) is 4.75. The Kier molecular flexibility index (Phi) is 6.47. The first-order valence-corrected chi connectivity index (χ1v) is 11.3. The number of carbonyl (C=O) groups is 3. The summed E-state index contributed by atoms with van der Waals surface area (Å²) in [6.45, 7) is 4.13. The zero-order valence-electron chi connectivity index (χ0n) is 18.8. The van der Waals surface area contributed by atoms with Crippen molar-refractivity contribution in [2.75, 3.05) is 19.0 Å². The Hall–Kier alpha value is -3.26. The van der Waals surface area contributed by atoms with Crippen LogP contribution in [0.4, 0.5) is 10.5 Å². The van der Waals surface area contributed by atoms with Crippen molar-refractivity contribution in [3.05, 3.63) is 47.0 Å². The number of methoxy groups -OCH3 is 1. The number of benzene rings is 2. The highest BCUT2D eigenvalue weighted by atomic mass is 35.5. The van der Waals surface area contributed by atoms with Gasteiger partial charge in [-0.1, -0.05) is 17.7 Å². The number of ether oxygens (including phenoxy) is 1. The van der Waals surface area contributed by atoms with Crippen LogP contribution in [0.5, 0.6) is 5.75 Å². The zero-order valence-corrected chi connectivity index (χ0v) is 19.5. The molecule has 2 aliphatic heterocycles. The monoisotopic (exact) mass is 470 g/mol. The van der Waals surface area contributed by atoms with Crippen LogP contribution in [0.15, 0.2) is 36.4 Å². The number of carbonyl (C=O) groups excluding carboxylic acids is 3. The summed E-state index contributed by atoms with van der Waals surface area (Å²) >= 11 is 6.19. The number of hydrogen-bond donors (Lipinski definition) is 3. The van der Waals surface area contributed by atoms with E-state index >= 15 is 0 Å². The molecule has 0 radical (unpaired) electrons. The average Bonchev–Trinajstić information content (AvgIpc) is 2.87. The Morgan fingerprint density at radius 3 is 2.70 bits per heavy atom. The summed E-state index contributed by atoms with van der Waals surface area (Å²) in [5.74, 6) is 0.154. The molecule has 2 aromatic carbocycles. The van der Waals surface area contributed by atoms with Crippen molar-refractivity contribution in [2.24, 2.45) is 0 Å². The van der Waals surface area contributed by atoms with Gasteiger partial charge in [-0.25, -0.2) is 4.79 Å². The maximum atomic E-state index is 13.5. The van der Waals surface area contributed by atoms with Crippen LogP contribution in [0.1, 0.15) is 37.0 Å². The molecule has 0 bridgehead atoms. The summed E-state index contributed by atoms with van der Waals surface area (Å²) in [6, 6.07) is 9.49. The van der Waals surface area contributed by atoms with E-state index < -0.39 is 6.04 Å². The SMILES string of the molecule is COc1ccc(Cl)cc1-c1ccc2c(c1)C(=O)N1CCC(NC(=O)NC(C)C)CC1C(=O)N2. The molecule has 0 saturated carbocycles. The van der Waals surface area contributed by atoms with Crippen molar-refractivity contribution in [1.82, 2.24) is 15.5 Å². The van der Waals surface area contributed by atoms with E-state index in [0.29, 0.717) is 41.4 Å². The van der Waals surface area contributed by atoms with Crippen LogP contribution in [-0.4, -0.2) is 54.5 Å². The van der Waals surface area contributed by atoms with Gasteiger partial charge in [0.15, 0.2) is 0 Å². The van der Waals surface area contributed by atoms with Gasteiger partial charge < -0.3 is 25.6 Å². The maximum Gasteiger partial charge on any atom is 0.315 e. The number of piperidine rings is 1. The van der Waals surface area contributed by atoms with E-state index in [1.54, 1.807) is 42.3 Å². The Balaban J connectivity index is 1.60. The Morgan fingerprint density at radius 2 is 1.97 bits per heavy atom. The molecule has 174 valence electrons. The molecule has 3 N–H and O–H groups in total. The molecule has 2 atom stereocenters. The van der Waals surface area contributed by atoms with E-state index in [-0.39, 0.29) is 29.9 Å². The highest BCUT2D eigenvalue weighted by molar-refractivity contribution is 6.31. The van der Waals surface area contributed by atoms with Gasteiger partial charge >= 0.3 is 6.03 Å². The number of fused-ring (bicyclic) bond motifs is 2. The molecule has 1 fully saturated rings. The van der Waals surface area contributed by atoms with Gasteiger partial charge in [0.1, 0.15) is 11.8 Å². The van der Waals surface area contributed by atoms with Crippen LogP contribution >= 0.6 is 11.6 Å². The second kappa shape index (κ2) is 9.31. The lowest BCUT2D eigenvalue weighted by Gasteiger charge is -2.37. The van der Waals surface area contributed by atoms with E-state index in [1.165, 1.54) is 0 Å². The second-order valence-electron chi connectivity index (χ2n) is 8.60. The molecule has 4 amide bonds. The third-order valence-corrected chi connectivity index (χ3v) is 6.14. The number of urea groups is 1. The quantitative estimate of drug-likeness (QED) is 0.635. The standard InChI is InChI=1S/C24H27ClN4O4/c1-13(2)26-24(32)27-16-8-9-29-20(12-16)22(30)28-19-6-4-14(10-18(19)23(29)31)17-11-15(25)5-7-21(17)33-3/h4-7,10-11,13,16,20H,8-9,12H2,1-3H3,(H,28,30)(H2,26,27,32). The first kappa shape index (κ1) is 22.9. The van der Waals surface area contributed by atoms with Crippen LogP contribution in [0.25, 0.3) is 11.1 Å². The minimum Gasteiger partial charge on any atom is -0.496 e. The largest absolute Gasteiger partial charge is 0.496 e. The second-order valence-corrected chi connectivity index (χ2v) is 9.04. The predicted molar refractivity (Wildman–Crippen MR) is 127 cm³/mol. The number of rotatable bonds is 4. The van der Waals surface area contributed by atoms with Crippen molar-refractivity contribution < 1.29 is 19.1 Å². The van der Waals surface area contributed by atoms with Crippen molar-refractivity contribution in [3.63, 3.8) is 0 Å². The topological polar surface area (TPSA) is 99.8 Å². The van der Waals surface area contributed by atoms with Gasteiger partial charge in [0.25, 0.3) is 5.91 Å². The number of nitrogens with zero attached hydrogens (tertiary/aromatic N) is 1. The molecular formula is C24H27ClN4O4. The van der Waals surface area contributed by atoms with E-state index in [2.05, 4.69) is 16.0 Å². The van der Waals surface area contributed by atoms with E-state index in [1.807, 2.05) is 19.9 Å². The summed E-state index contributed by atoms with van der Waals surface area (Å²) in [4.78, 5) is 40.2. The van der Waals surface area contributed by atoms with Crippen molar-refractivity contribution >= 4 is 35.1 Å². The fourth-order valence-electron chi connectivity index (χ4n) is 4.35. The highest BCUT2D eigenvalue weighted by Gasteiger charge is 2.40. The summed E-state index contributed by atoms with van der Waals surface area (Å²) < 4.78 is 5.46. The zero-order chi connectivity index (χ0) is 23.7. The minimum absolute atomic E-state index is 0.00895. The van der Waals surface area contributed by atoms with Crippen molar-refractivity contribution in [3.8, 4) is 16.9 Å². The summed E-state index contributed by atoms with van der Waals surface area (Å²) in [7, 11) is 1.58. The van der Waals surface area contributed by atoms with Gasteiger partial charge in [-0.3, -0.25) is 9.59 Å². The first-order chi connectivity index (χ1) is 15.8. The Labute approximate surface area is 197 Å². The van der Waals surface area contributed by atoms with Gasteiger partial charge in [0.2, 0.25) is 5.91 Å². The van der Waals surface area contributed by atoms with E-state index in [9.17, 15) is 14.4 Å². The lowest BCUT2D eigenvalue weighted by atomic mass is 9.96. The van der Waals surface area contributed by atoms with Gasteiger partial charge in [0, 0.05) is 29.2 Å². The number of nitrogens with one attached hydrogen (secondary N) is 3. The minimum atomic E-state index is -0.660. The molecule has 2 heterocycles. The number of halogens is 1. The predicted octanol–water partition coefficient (Wildman–Crippen LogP) is 3.65. The lowest BCUT2D eigenvalue weighted by molar-refractivity contribution is -0.121.